The monoisotopic (exact) mass is 476 g/mol. The van der Waals surface area contributed by atoms with E-state index in [1.807, 2.05) is 19.1 Å². The van der Waals surface area contributed by atoms with Crippen LogP contribution in [0.15, 0.2) is 29.2 Å². The number of rotatable bonds is 6. The second kappa shape index (κ2) is 9.76. The smallest absolute Gasteiger partial charge is 0.247 e. The quantitative estimate of drug-likeness (QED) is 0.681. The molecule has 0 aromatic heterocycles. The number of carbonyl (C=O) groups excluding carboxylic acids is 1. The number of allylic oxidation sites excluding steroid dienone is 2. The van der Waals surface area contributed by atoms with Gasteiger partial charge >= 0.3 is 0 Å². The van der Waals surface area contributed by atoms with Gasteiger partial charge in [-0.15, -0.1) is 0 Å². The molecule has 0 saturated heterocycles. The first kappa shape index (κ1) is 24.2. The number of benzene rings is 1. The summed E-state index contributed by atoms with van der Waals surface area (Å²) in [6.45, 7) is 4.01. The van der Waals surface area contributed by atoms with Gasteiger partial charge in [-0.3, -0.25) is 4.79 Å². The van der Waals surface area contributed by atoms with Crippen molar-refractivity contribution >= 4 is 21.5 Å². The Morgan fingerprint density at radius 2 is 2.06 bits per heavy atom. The van der Waals surface area contributed by atoms with Gasteiger partial charge < -0.3 is 14.7 Å². The SMILES string of the molecule is C[C@@H]1CN([C@@H](C)CO)S(=O)(=O)c2ccc(C3=CCCC3)cc2O[C@H]1CN(C)C(=O)C1CCC1. The average molecular weight is 477 g/mol. The largest absolute Gasteiger partial charge is 0.487 e. The standard InChI is InChI=1S/C25H36N2O5S/c1-17-14-27(18(2)16-28)33(30,31)24-12-11-21(19-7-4-5-8-19)13-22(24)32-23(17)15-26(3)25(29)20-9-6-10-20/h7,11-13,17-18,20,23,28H,4-6,8-10,14-16H2,1-3H3/t17-,18+,23+/m1/s1. The first-order chi connectivity index (χ1) is 15.7. The topological polar surface area (TPSA) is 87.2 Å². The Morgan fingerprint density at radius 1 is 1.30 bits per heavy atom. The second-order valence-corrected chi connectivity index (χ2v) is 11.7. The van der Waals surface area contributed by atoms with Crippen LogP contribution in [0.25, 0.3) is 5.57 Å². The minimum absolute atomic E-state index is 0.0957. The number of likely N-dealkylation sites (N-methyl/N-ethyl adjacent to an activating group) is 1. The van der Waals surface area contributed by atoms with Gasteiger partial charge in [0.2, 0.25) is 15.9 Å². The fraction of sp³-hybridized carbons (Fsp3) is 0.640. The van der Waals surface area contributed by atoms with E-state index in [4.69, 9.17) is 4.74 Å². The van der Waals surface area contributed by atoms with Crippen LogP contribution in [0.1, 0.15) is 57.9 Å². The molecule has 3 aliphatic rings. The summed E-state index contributed by atoms with van der Waals surface area (Å²) in [5, 5.41) is 9.78. The molecule has 3 atom stereocenters. The third kappa shape index (κ3) is 4.84. The van der Waals surface area contributed by atoms with E-state index in [0.29, 0.717) is 12.3 Å². The number of ether oxygens (including phenoxy) is 1. The maximum absolute atomic E-state index is 13.6. The van der Waals surface area contributed by atoms with Crippen LogP contribution >= 0.6 is 0 Å². The highest BCUT2D eigenvalue weighted by atomic mass is 32.2. The van der Waals surface area contributed by atoms with E-state index in [9.17, 15) is 18.3 Å². The zero-order valence-corrected chi connectivity index (χ0v) is 20.7. The molecule has 7 nitrogen and oxygen atoms in total. The molecule has 0 spiro atoms. The lowest BCUT2D eigenvalue weighted by Crippen LogP contribution is -2.50. The third-order valence-electron chi connectivity index (χ3n) is 7.36. The number of aliphatic hydroxyl groups excluding tert-OH is 1. The highest BCUT2D eigenvalue weighted by Crippen LogP contribution is 2.37. The lowest BCUT2D eigenvalue weighted by molar-refractivity contribution is -0.138. The number of hydrogen-bond donors (Lipinski definition) is 1. The zero-order valence-electron chi connectivity index (χ0n) is 19.9. The number of hydrogen-bond acceptors (Lipinski definition) is 5. The van der Waals surface area contributed by atoms with Crippen molar-refractivity contribution in [3.05, 3.63) is 29.8 Å². The van der Waals surface area contributed by atoms with Crippen molar-refractivity contribution in [2.45, 2.75) is 69.4 Å². The lowest BCUT2D eigenvalue weighted by atomic mass is 9.84. The second-order valence-electron chi connectivity index (χ2n) is 9.87. The van der Waals surface area contributed by atoms with E-state index in [0.717, 1.165) is 44.1 Å². The van der Waals surface area contributed by atoms with Crippen molar-refractivity contribution in [2.24, 2.45) is 11.8 Å². The molecule has 0 radical (unpaired) electrons. The van der Waals surface area contributed by atoms with Crippen molar-refractivity contribution in [2.75, 3.05) is 26.7 Å². The average Bonchev–Trinajstić information content (AvgIpc) is 3.29. The molecule has 1 N–H and O–H groups in total. The molecule has 1 aliphatic heterocycles. The van der Waals surface area contributed by atoms with Crippen molar-refractivity contribution in [3.63, 3.8) is 0 Å². The van der Waals surface area contributed by atoms with Crippen molar-refractivity contribution < 1.29 is 23.1 Å². The summed E-state index contributed by atoms with van der Waals surface area (Å²) in [6.07, 6.45) is 7.90. The van der Waals surface area contributed by atoms with E-state index < -0.39 is 16.1 Å². The predicted molar refractivity (Wildman–Crippen MR) is 127 cm³/mol. The summed E-state index contributed by atoms with van der Waals surface area (Å²) < 4.78 is 35.0. The lowest BCUT2D eigenvalue weighted by Gasteiger charge is -2.38. The molecule has 4 rings (SSSR count). The van der Waals surface area contributed by atoms with Crippen LogP contribution in [0.2, 0.25) is 0 Å². The molecule has 0 unspecified atom stereocenters. The minimum atomic E-state index is -3.86. The number of nitrogens with zero attached hydrogens (tertiary/aromatic N) is 2. The van der Waals surface area contributed by atoms with Gasteiger partial charge in [0.25, 0.3) is 0 Å². The number of sulfonamides is 1. The van der Waals surface area contributed by atoms with Crippen LogP contribution in [-0.4, -0.2) is 67.5 Å². The minimum Gasteiger partial charge on any atom is -0.487 e. The molecule has 1 heterocycles. The summed E-state index contributed by atoms with van der Waals surface area (Å²) in [7, 11) is -2.05. The molecule has 33 heavy (non-hydrogen) atoms. The van der Waals surface area contributed by atoms with Gasteiger partial charge in [0.1, 0.15) is 16.7 Å². The summed E-state index contributed by atoms with van der Waals surface area (Å²) >= 11 is 0. The normalized spacial score (nSPS) is 26.2. The van der Waals surface area contributed by atoms with E-state index in [1.165, 1.54) is 9.88 Å². The highest BCUT2D eigenvalue weighted by Gasteiger charge is 2.39. The van der Waals surface area contributed by atoms with Gasteiger partial charge in [0.15, 0.2) is 0 Å². The molecule has 1 aromatic carbocycles. The van der Waals surface area contributed by atoms with Crippen LogP contribution in [0.5, 0.6) is 5.75 Å². The van der Waals surface area contributed by atoms with Gasteiger partial charge in [-0.05, 0) is 62.3 Å². The molecule has 1 amide bonds. The summed E-state index contributed by atoms with van der Waals surface area (Å²) in [5.74, 6) is 0.389. The Kier molecular flexibility index (Phi) is 7.17. The Hall–Kier alpha value is -1.90. The fourth-order valence-corrected chi connectivity index (χ4v) is 6.73. The van der Waals surface area contributed by atoms with Crippen molar-refractivity contribution in [1.29, 1.82) is 0 Å². The Morgan fingerprint density at radius 3 is 2.67 bits per heavy atom. The molecular formula is C25H36N2O5S. The number of carbonyl (C=O) groups is 1. The summed E-state index contributed by atoms with van der Waals surface area (Å²) in [6, 6.07) is 4.76. The summed E-state index contributed by atoms with van der Waals surface area (Å²) in [4.78, 5) is 14.6. The third-order valence-corrected chi connectivity index (χ3v) is 9.38. The first-order valence-electron chi connectivity index (χ1n) is 12.1. The van der Waals surface area contributed by atoms with E-state index in [1.54, 1.807) is 24.9 Å². The maximum atomic E-state index is 13.6. The van der Waals surface area contributed by atoms with E-state index in [2.05, 4.69) is 6.08 Å². The zero-order chi connectivity index (χ0) is 23.8. The fourth-order valence-electron chi connectivity index (χ4n) is 4.90. The molecule has 0 bridgehead atoms. The molecule has 2 aliphatic carbocycles. The molecule has 182 valence electrons. The Labute approximate surface area is 197 Å². The van der Waals surface area contributed by atoms with Gasteiger partial charge in [-0.2, -0.15) is 4.31 Å². The molecular weight excluding hydrogens is 440 g/mol. The number of fused-ring (bicyclic) bond motifs is 1. The molecule has 1 aromatic rings. The number of aliphatic hydroxyl groups is 1. The molecule has 1 fully saturated rings. The Bertz CT molecular complexity index is 1020. The summed E-state index contributed by atoms with van der Waals surface area (Å²) in [5.41, 5.74) is 2.19. The van der Waals surface area contributed by atoms with Crippen LogP contribution in [-0.2, 0) is 14.8 Å². The van der Waals surface area contributed by atoms with Crippen LogP contribution in [0.4, 0.5) is 0 Å². The highest BCUT2D eigenvalue weighted by molar-refractivity contribution is 7.89. The van der Waals surface area contributed by atoms with E-state index >= 15 is 0 Å². The van der Waals surface area contributed by atoms with Crippen LogP contribution in [0, 0.1) is 11.8 Å². The number of amides is 1. The van der Waals surface area contributed by atoms with Crippen LogP contribution < -0.4 is 4.74 Å². The Balaban J connectivity index is 1.71. The van der Waals surface area contributed by atoms with Crippen molar-refractivity contribution in [3.8, 4) is 5.75 Å². The van der Waals surface area contributed by atoms with E-state index in [-0.39, 0.29) is 41.9 Å². The molecule has 8 heteroatoms. The van der Waals surface area contributed by atoms with Gasteiger partial charge in [0.05, 0.1) is 13.2 Å². The first-order valence-corrected chi connectivity index (χ1v) is 13.5. The van der Waals surface area contributed by atoms with Crippen LogP contribution in [0.3, 0.4) is 0 Å². The predicted octanol–water partition coefficient (Wildman–Crippen LogP) is 3.28. The van der Waals surface area contributed by atoms with Gasteiger partial charge in [-0.1, -0.05) is 25.5 Å². The maximum Gasteiger partial charge on any atom is 0.247 e. The van der Waals surface area contributed by atoms with Gasteiger partial charge in [0, 0.05) is 31.5 Å². The van der Waals surface area contributed by atoms with Gasteiger partial charge in [-0.25, -0.2) is 8.42 Å². The molecule has 1 saturated carbocycles. The van der Waals surface area contributed by atoms with Crippen molar-refractivity contribution in [1.82, 2.24) is 9.21 Å².